The molecular weight excluding hydrogens is 210 g/mol. The first-order valence-electron chi connectivity index (χ1n) is 5.32. The summed E-state index contributed by atoms with van der Waals surface area (Å²) in [7, 11) is 0. The van der Waals surface area contributed by atoms with Crippen LogP contribution in [0.2, 0.25) is 0 Å². The highest BCUT2D eigenvalue weighted by molar-refractivity contribution is 5.25. The number of unbranched alkanes of at least 4 members (excludes halogenated alkanes) is 1. The molecule has 1 aromatic heterocycles. The normalized spacial score (nSPS) is 10.6. The summed E-state index contributed by atoms with van der Waals surface area (Å²) in [6.07, 6.45) is 2.07. The summed E-state index contributed by atoms with van der Waals surface area (Å²) in [6, 6.07) is 1.19. The van der Waals surface area contributed by atoms with E-state index in [2.05, 4.69) is 11.9 Å². The Morgan fingerprint density at radius 2 is 2.19 bits per heavy atom. The number of hydrogen-bond acceptors (Lipinski definition) is 4. The van der Waals surface area contributed by atoms with Gasteiger partial charge < -0.3 is 10.5 Å². The third-order valence-corrected chi connectivity index (χ3v) is 2.17. The van der Waals surface area contributed by atoms with Gasteiger partial charge in [0.1, 0.15) is 5.82 Å². The monoisotopic (exact) mass is 227 g/mol. The predicted octanol–water partition coefficient (Wildman–Crippen LogP) is -0.0645. The van der Waals surface area contributed by atoms with E-state index in [0.717, 1.165) is 12.8 Å². The lowest BCUT2D eigenvalue weighted by Crippen LogP contribution is -2.32. The number of nitrogens with two attached hydrogens (primary N) is 1. The molecule has 1 rings (SSSR count). The molecule has 6 heteroatoms. The lowest BCUT2D eigenvalue weighted by Gasteiger charge is -2.08. The van der Waals surface area contributed by atoms with E-state index in [0.29, 0.717) is 19.8 Å². The largest absolute Gasteiger partial charge is 0.385 e. The molecule has 0 aliphatic rings. The van der Waals surface area contributed by atoms with Crippen LogP contribution in [0.5, 0.6) is 0 Å². The van der Waals surface area contributed by atoms with Gasteiger partial charge in [-0.15, -0.1) is 0 Å². The van der Waals surface area contributed by atoms with Crippen molar-refractivity contribution in [1.29, 1.82) is 0 Å². The van der Waals surface area contributed by atoms with Crippen LogP contribution in [0.3, 0.4) is 0 Å². The van der Waals surface area contributed by atoms with E-state index in [9.17, 15) is 9.59 Å². The molecule has 0 atom stereocenters. The van der Waals surface area contributed by atoms with E-state index < -0.39 is 11.2 Å². The van der Waals surface area contributed by atoms with E-state index in [1.54, 1.807) is 0 Å². The van der Waals surface area contributed by atoms with Gasteiger partial charge in [0.25, 0.3) is 5.56 Å². The minimum Gasteiger partial charge on any atom is -0.385 e. The Balaban J connectivity index is 2.54. The number of H-pyrrole nitrogens is 1. The van der Waals surface area contributed by atoms with Crippen LogP contribution in [0.25, 0.3) is 0 Å². The molecule has 0 fully saturated rings. The number of nitrogens with zero attached hydrogens (tertiary/aromatic N) is 1. The van der Waals surface area contributed by atoms with Crippen molar-refractivity contribution < 1.29 is 4.74 Å². The molecule has 0 radical (unpaired) electrons. The summed E-state index contributed by atoms with van der Waals surface area (Å²) < 4.78 is 6.60. The van der Waals surface area contributed by atoms with Crippen LogP contribution < -0.4 is 17.0 Å². The minimum atomic E-state index is -0.496. The molecule has 0 aliphatic heterocycles. The Bertz CT molecular complexity index is 436. The van der Waals surface area contributed by atoms with E-state index in [1.807, 2.05) is 0 Å². The van der Waals surface area contributed by atoms with Gasteiger partial charge in [-0.25, -0.2) is 4.79 Å². The average molecular weight is 227 g/mol. The maximum Gasteiger partial charge on any atom is 0.329 e. The fraction of sp³-hybridized carbons (Fsp3) is 0.600. The van der Waals surface area contributed by atoms with Crippen molar-refractivity contribution in [3.8, 4) is 0 Å². The standard InChI is InChI=1S/C10H17N3O3/c1-2-3-5-16-6-4-13-8(11)7-9(14)12-10(13)15/h7H,2-6,11H2,1H3,(H,12,14,15). The smallest absolute Gasteiger partial charge is 0.329 e. The molecule has 0 aromatic carbocycles. The van der Waals surface area contributed by atoms with E-state index in [4.69, 9.17) is 10.5 Å². The second-order valence-electron chi connectivity index (χ2n) is 3.48. The Kier molecular flexibility index (Phi) is 4.78. The molecule has 0 saturated heterocycles. The first-order valence-corrected chi connectivity index (χ1v) is 5.32. The maximum atomic E-state index is 11.4. The van der Waals surface area contributed by atoms with E-state index in [1.165, 1.54) is 10.6 Å². The highest BCUT2D eigenvalue weighted by Gasteiger charge is 2.01. The van der Waals surface area contributed by atoms with Crippen LogP contribution >= 0.6 is 0 Å². The zero-order chi connectivity index (χ0) is 12.0. The van der Waals surface area contributed by atoms with Gasteiger partial charge in [-0.1, -0.05) is 13.3 Å². The molecule has 0 aliphatic carbocycles. The molecular formula is C10H17N3O3. The van der Waals surface area contributed by atoms with Gasteiger partial charge in [0, 0.05) is 12.7 Å². The van der Waals surface area contributed by atoms with Gasteiger partial charge in [0.2, 0.25) is 0 Å². The fourth-order valence-corrected chi connectivity index (χ4v) is 1.27. The second-order valence-corrected chi connectivity index (χ2v) is 3.48. The average Bonchev–Trinajstić information content (AvgIpc) is 2.20. The summed E-state index contributed by atoms with van der Waals surface area (Å²) in [4.78, 5) is 24.4. The first kappa shape index (κ1) is 12.5. The van der Waals surface area contributed by atoms with Gasteiger partial charge in [0.15, 0.2) is 0 Å². The van der Waals surface area contributed by atoms with E-state index >= 15 is 0 Å². The summed E-state index contributed by atoms with van der Waals surface area (Å²) in [6.45, 7) is 3.52. The van der Waals surface area contributed by atoms with Crippen molar-refractivity contribution in [2.24, 2.45) is 0 Å². The summed E-state index contributed by atoms with van der Waals surface area (Å²) >= 11 is 0. The van der Waals surface area contributed by atoms with Crippen molar-refractivity contribution in [3.05, 3.63) is 26.9 Å². The fourth-order valence-electron chi connectivity index (χ4n) is 1.27. The predicted molar refractivity (Wildman–Crippen MR) is 61.5 cm³/mol. The number of rotatable bonds is 6. The number of hydrogen-bond donors (Lipinski definition) is 2. The van der Waals surface area contributed by atoms with Crippen LogP contribution in [0.4, 0.5) is 5.82 Å². The van der Waals surface area contributed by atoms with Crippen LogP contribution in [0.1, 0.15) is 19.8 Å². The molecule has 16 heavy (non-hydrogen) atoms. The van der Waals surface area contributed by atoms with Crippen molar-refractivity contribution >= 4 is 5.82 Å². The van der Waals surface area contributed by atoms with Gasteiger partial charge in [-0.05, 0) is 6.42 Å². The Morgan fingerprint density at radius 1 is 1.44 bits per heavy atom. The quantitative estimate of drug-likeness (QED) is 0.666. The Labute approximate surface area is 93.0 Å². The summed E-state index contributed by atoms with van der Waals surface area (Å²) in [5.74, 6) is 0.160. The molecule has 3 N–H and O–H groups in total. The third-order valence-electron chi connectivity index (χ3n) is 2.17. The first-order chi connectivity index (χ1) is 7.65. The number of aromatic amines is 1. The van der Waals surface area contributed by atoms with Crippen LogP contribution in [-0.2, 0) is 11.3 Å². The van der Waals surface area contributed by atoms with Gasteiger partial charge in [-0.2, -0.15) is 0 Å². The van der Waals surface area contributed by atoms with Crippen molar-refractivity contribution in [2.75, 3.05) is 18.9 Å². The number of anilines is 1. The molecule has 0 amide bonds. The highest BCUT2D eigenvalue weighted by atomic mass is 16.5. The SMILES string of the molecule is CCCCOCCn1c(N)cc(=O)[nH]c1=O. The number of aromatic nitrogens is 2. The second kappa shape index (κ2) is 6.12. The third kappa shape index (κ3) is 3.54. The molecule has 0 bridgehead atoms. The van der Waals surface area contributed by atoms with Crippen molar-refractivity contribution in [2.45, 2.75) is 26.3 Å². The number of nitrogens with one attached hydrogen (secondary N) is 1. The zero-order valence-electron chi connectivity index (χ0n) is 9.36. The molecule has 1 heterocycles. The molecule has 1 aromatic rings. The van der Waals surface area contributed by atoms with E-state index in [-0.39, 0.29) is 5.82 Å². The van der Waals surface area contributed by atoms with Crippen molar-refractivity contribution in [1.82, 2.24) is 9.55 Å². The molecule has 0 saturated carbocycles. The van der Waals surface area contributed by atoms with Gasteiger partial charge >= 0.3 is 5.69 Å². The minimum absolute atomic E-state index is 0.160. The van der Waals surface area contributed by atoms with Crippen LogP contribution in [0.15, 0.2) is 15.7 Å². The Morgan fingerprint density at radius 3 is 2.81 bits per heavy atom. The van der Waals surface area contributed by atoms with Crippen LogP contribution in [-0.4, -0.2) is 22.8 Å². The molecule has 90 valence electrons. The molecule has 6 nitrogen and oxygen atoms in total. The molecule has 0 unspecified atom stereocenters. The van der Waals surface area contributed by atoms with Crippen LogP contribution in [0, 0.1) is 0 Å². The topological polar surface area (TPSA) is 90.1 Å². The lowest BCUT2D eigenvalue weighted by molar-refractivity contribution is 0.123. The zero-order valence-corrected chi connectivity index (χ0v) is 9.36. The summed E-state index contributed by atoms with van der Waals surface area (Å²) in [5.41, 5.74) is 4.57. The number of ether oxygens (including phenoxy) is 1. The Hall–Kier alpha value is -1.56. The molecule has 0 spiro atoms. The lowest BCUT2D eigenvalue weighted by atomic mass is 10.4. The van der Waals surface area contributed by atoms with Gasteiger partial charge in [-0.3, -0.25) is 14.3 Å². The summed E-state index contributed by atoms with van der Waals surface area (Å²) in [5, 5.41) is 0. The van der Waals surface area contributed by atoms with Gasteiger partial charge in [0.05, 0.1) is 13.2 Å². The number of nitrogen functional groups attached to an aromatic ring is 1. The van der Waals surface area contributed by atoms with Crippen molar-refractivity contribution in [3.63, 3.8) is 0 Å². The highest BCUT2D eigenvalue weighted by Crippen LogP contribution is 1.94. The maximum absolute atomic E-state index is 11.4.